The number of anilines is 1. The van der Waals surface area contributed by atoms with Gasteiger partial charge in [-0.05, 0) is 53.9 Å². The van der Waals surface area contributed by atoms with Crippen molar-refractivity contribution < 1.29 is 27.4 Å². The standard InChI is InChI=1S/C26H28N4O6S3/c1-34-14-12-29(13-15-35-2)39(32,33)22-9-6-19(7-10-22)25(31)30(27-18-21-5-4-16-37-21)26-28-23-11-8-20(36-3)17-24(23)38-26/h4-11,16-18H,12-15H2,1-3H3/b27-18+. The highest BCUT2D eigenvalue weighted by Crippen LogP contribution is 2.32. The predicted molar refractivity (Wildman–Crippen MR) is 154 cm³/mol. The Morgan fingerprint density at radius 1 is 1.03 bits per heavy atom. The van der Waals surface area contributed by atoms with Crippen LogP contribution in [0.4, 0.5) is 5.13 Å². The maximum absolute atomic E-state index is 13.6. The van der Waals surface area contributed by atoms with Gasteiger partial charge in [-0.15, -0.1) is 11.3 Å². The zero-order valence-electron chi connectivity index (χ0n) is 21.6. The van der Waals surface area contributed by atoms with Crippen molar-refractivity contribution >= 4 is 60.2 Å². The summed E-state index contributed by atoms with van der Waals surface area (Å²) >= 11 is 2.78. The van der Waals surface area contributed by atoms with E-state index in [4.69, 9.17) is 14.2 Å². The number of thiophene rings is 1. The van der Waals surface area contributed by atoms with Crippen LogP contribution in [-0.4, -0.2) is 77.5 Å². The normalized spacial score (nSPS) is 12.0. The quantitative estimate of drug-likeness (QED) is 0.169. The van der Waals surface area contributed by atoms with Gasteiger partial charge in [0.15, 0.2) is 0 Å². The molecule has 0 saturated heterocycles. The molecule has 0 bridgehead atoms. The number of sulfonamides is 1. The molecule has 0 aliphatic rings. The van der Waals surface area contributed by atoms with Crippen molar-refractivity contribution in [3.63, 3.8) is 0 Å². The summed E-state index contributed by atoms with van der Waals surface area (Å²) in [5, 5.41) is 7.96. The molecule has 13 heteroatoms. The topological polar surface area (TPSA) is 111 Å². The Balaban J connectivity index is 1.65. The molecule has 4 aromatic rings. The predicted octanol–water partition coefficient (Wildman–Crippen LogP) is 4.33. The molecule has 0 N–H and O–H groups in total. The van der Waals surface area contributed by atoms with Gasteiger partial charge in [0.25, 0.3) is 5.91 Å². The summed E-state index contributed by atoms with van der Waals surface area (Å²) in [4.78, 5) is 19.2. The van der Waals surface area contributed by atoms with Crippen molar-refractivity contribution in [3.05, 3.63) is 70.4 Å². The number of fused-ring (bicyclic) bond motifs is 1. The van der Waals surface area contributed by atoms with Gasteiger partial charge in [0.1, 0.15) is 5.75 Å². The molecule has 2 heterocycles. The first-order chi connectivity index (χ1) is 18.9. The van der Waals surface area contributed by atoms with Crippen molar-refractivity contribution in [3.8, 4) is 5.75 Å². The molecule has 0 aliphatic carbocycles. The molecule has 0 radical (unpaired) electrons. The Kier molecular flexibility index (Phi) is 9.78. The zero-order valence-corrected chi connectivity index (χ0v) is 24.1. The van der Waals surface area contributed by atoms with E-state index >= 15 is 0 Å². The summed E-state index contributed by atoms with van der Waals surface area (Å²) < 4.78 is 44.1. The second kappa shape index (κ2) is 13.2. The smallest absolute Gasteiger partial charge is 0.280 e. The lowest BCUT2D eigenvalue weighted by molar-refractivity contribution is 0.0987. The Labute approximate surface area is 235 Å². The molecular weight excluding hydrogens is 561 g/mol. The van der Waals surface area contributed by atoms with Crippen LogP contribution in [0.1, 0.15) is 15.2 Å². The van der Waals surface area contributed by atoms with Crippen molar-refractivity contribution in [2.45, 2.75) is 4.90 Å². The third-order valence-electron chi connectivity index (χ3n) is 5.63. The fourth-order valence-corrected chi connectivity index (χ4v) is 6.50. The van der Waals surface area contributed by atoms with Crippen LogP contribution < -0.4 is 9.75 Å². The van der Waals surface area contributed by atoms with Gasteiger partial charge in [0.05, 0.1) is 41.7 Å². The molecule has 0 fully saturated rings. The van der Waals surface area contributed by atoms with Crippen LogP contribution in [0.15, 0.2) is 70.0 Å². The number of hydrogen-bond acceptors (Lipinski definition) is 10. The van der Waals surface area contributed by atoms with Crippen molar-refractivity contribution in [2.24, 2.45) is 5.10 Å². The molecule has 0 spiro atoms. The lowest BCUT2D eigenvalue weighted by Gasteiger charge is -2.21. The number of carbonyl (C=O) groups excluding carboxylic acids is 1. The molecule has 39 heavy (non-hydrogen) atoms. The Morgan fingerprint density at radius 2 is 1.74 bits per heavy atom. The van der Waals surface area contributed by atoms with E-state index in [0.29, 0.717) is 16.4 Å². The molecular formula is C26H28N4O6S3. The molecule has 4 rings (SSSR count). The average molecular weight is 589 g/mol. The minimum absolute atomic E-state index is 0.0620. The van der Waals surface area contributed by atoms with Gasteiger partial charge in [0.2, 0.25) is 15.2 Å². The van der Waals surface area contributed by atoms with Crippen LogP contribution in [0.25, 0.3) is 10.2 Å². The average Bonchev–Trinajstić information content (AvgIpc) is 3.62. The molecule has 2 aromatic carbocycles. The number of nitrogens with zero attached hydrogens (tertiary/aromatic N) is 4. The fraction of sp³-hybridized carbons (Fsp3) is 0.269. The molecule has 2 aromatic heterocycles. The first kappa shape index (κ1) is 28.8. The number of amides is 1. The monoisotopic (exact) mass is 588 g/mol. The Morgan fingerprint density at radius 3 is 2.36 bits per heavy atom. The number of methoxy groups -OCH3 is 3. The lowest BCUT2D eigenvalue weighted by atomic mass is 10.2. The van der Waals surface area contributed by atoms with E-state index in [1.54, 1.807) is 19.4 Å². The Bertz CT molecular complexity index is 1510. The van der Waals surface area contributed by atoms with Crippen LogP contribution in [-0.2, 0) is 19.5 Å². The van der Waals surface area contributed by atoms with E-state index in [9.17, 15) is 13.2 Å². The van der Waals surface area contributed by atoms with Crippen molar-refractivity contribution in [2.75, 3.05) is 52.6 Å². The van der Waals surface area contributed by atoms with Crippen LogP contribution in [0.3, 0.4) is 0 Å². The van der Waals surface area contributed by atoms with Gasteiger partial charge < -0.3 is 14.2 Å². The van der Waals surface area contributed by atoms with Gasteiger partial charge >= 0.3 is 0 Å². The molecule has 0 atom stereocenters. The Hall–Kier alpha value is -3.20. The number of hydrazone groups is 1. The fourth-order valence-electron chi connectivity index (χ4n) is 3.56. The summed E-state index contributed by atoms with van der Waals surface area (Å²) in [6.45, 7) is 0.836. The third kappa shape index (κ3) is 6.87. The summed E-state index contributed by atoms with van der Waals surface area (Å²) in [7, 11) is 0.780. The van der Waals surface area contributed by atoms with Crippen molar-refractivity contribution in [1.29, 1.82) is 0 Å². The molecule has 1 amide bonds. The highest BCUT2D eigenvalue weighted by atomic mass is 32.2. The maximum atomic E-state index is 13.6. The number of hydrogen-bond donors (Lipinski definition) is 0. The zero-order chi connectivity index (χ0) is 27.8. The number of rotatable bonds is 13. The molecule has 0 unspecified atom stereocenters. The second-order valence-corrected chi connectivity index (χ2v) is 12.0. The minimum Gasteiger partial charge on any atom is -0.497 e. The molecule has 0 saturated carbocycles. The summed E-state index contributed by atoms with van der Waals surface area (Å²) in [6, 6.07) is 15.0. The third-order valence-corrected chi connectivity index (χ3v) is 9.34. The van der Waals surface area contributed by atoms with E-state index in [0.717, 1.165) is 9.58 Å². The van der Waals surface area contributed by atoms with Gasteiger partial charge in [-0.25, -0.2) is 13.4 Å². The van der Waals surface area contributed by atoms with E-state index in [2.05, 4.69) is 10.1 Å². The van der Waals surface area contributed by atoms with Gasteiger partial charge in [-0.2, -0.15) is 14.4 Å². The minimum atomic E-state index is -3.83. The second-order valence-electron chi connectivity index (χ2n) is 8.12. The van der Waals surface area contributed by atoms with Gasteiger partial charge in [-0.3, -0.25) is 4.79 Å². The number of thiazole rings is 1. The summed E-state index contributed by atoms with van der Waals surface area (Å²) in [5.74, 6) is 0.230. The number of ether oxygens (including phenoxy) is 3. The van der Waals surface area contributed by atoms with Crippen LogP contribution >= 0.6 is 22.7 Å². The summed E-state index contributed by atoms with van der Waals surface area (Å²) in [6.07, 6.45) is 1.59. The van der Waals surface area contributed by atoms with Gasteiger partial charge in [0, 0.05) is 37.7 Å². The lowest BCUT2D eigenvalue weighted by Crippen LogP contribution is -2.36. The van der Waals surface area contributed by atoms with Crippen molar-refractivity contribution in [1.82, 2.24) is 9.29 Å². The largest absolute Gasteiger partial charge is 0.497 e. The van der Waals surface area contributed by atoms with E-state index in [1.807, 2.05) is 29.6 Å². The first-order valence-corrected chi connectivity index (χ1v) is 15.0. The highest BCUT2D eigenvalue weighted by molar-refractivity contribution is 7.89. The molecule has 206 valence electrons. The van der Waals surface area contributed by atoms with E-state index < -0.39 is 15.9 Å². The van der Waals surface area contributed by atoms with Crippen LogP contribution in [0.5, 0.6) is 5.75 Å². The SMILES string of the molecule is COCCN(CCOC)S(=O)(=O)c1ccc(C(=O)N(/N=C/c2cccs2)c2nc3ccc(OC)cc3s2)cc1. The van der Waals surface area contributed by atoms with Crippen LogP contribution in [0, 0.1) is 0 Å². The number of carbonyl (C=O) groups is 1. The summed E-state index contributed by atoms with van der Waals surface area (Å²) in [5.41, 5.74) is 0.961. The number of aromatic nitrogens is 1. The highest BCUT2D eigenvalue weighted by Gasteiger charge is 2.26. The maximum Gasteiger partial charge on any atom is 0.280 e. The molecule has 0 aliphatic heterocycles. The van der Waals surface area contributed by atoms with E-state index in [1.165, 1.54) is 70.5 Å². The van der Waals surface area contributed by atoms with Crippen LogP contribution in [0.2, 0.25) is 0 Å². The van der Waals surface area contributed by atoms with Gasteiger partial charge in [-0.1, -0.05) is 17.4 Å². The number of benzene rings is 2. The first-order valence-electron chi connectivity index (χ1n) is 11.8. The molecule has 10 nitrogen and oxygen atoms in total. The van der Waals surface area contributed by atoms with E-state index in [-0.39, 0.29) is 36.8 Å².